The van der Waals surface area contributed by atoms with Crippen molar-refractivity contribution in [1.82, 2.24) is 14.9 Å². The van der Waals surface area contributed by atoms with E-state index in [9.17, 15) is 0 Å². The Kier molecular flexibility index (Phi) is 6.63. The Bertz CT molecular complexity index is 924. The highest BCUT2D eigenvalue weighted by molar-refractivity contribution is 5.47. The summed E-state index contributed by atoms with van der Waals surface area (Å²) < 4.78 is 0. The average molecular weight is 428 g/mol. The first-order chi connectivity index (χ1) is 15.9. The topological polar surface area (TPSA) is 44.3 Å². The first kappa shape index (κ1) is 21.0. The predicted molar refractivity (Wildman–Crippen MR) is 131 cm³/mol. The highest BCUT2D eigenvalue weighted by Crippen LogP contribution is 2.27. The van der Waals surface area contributed by atoms with Gasteiger partial charge in [-0.2, -0.15) is 4.98 Å². The summed E-state index contributed by atoms with van der Waals surface area (Å²) in [4.78, 5) is 14.6. The normalized spacial score (nSPS) is 18.1. The molecule has 5 rings (SSSR count). The van der Waals surface area contributed by atoms with Crippen LogP contribution < -0.4 is 10.2 Å². The zero-order valence-corrected chi connectivity index (χ0v) is 18.7. The highest BCUT2D eigenvalue weighted by atomic mass is 15.3. The second-order valence-electron chi connectivity index (χ2n) is 8.96. The molecule has 3 aromatic rings. The molecule has 0 unspecified atom stereocenters. The van der Waals surface area contributed by atoms with Crippen LogP contribution in [0.25, 0.3) is 0 Å². The van der Waals surface area contributed by atoms with Gasteiger partial charge in [-0.25, -0.2) is 4.98 Å². The summed E-state index contributed by atoms with van der Waals surface area (Å²) in [5.74, 6) is 1.69. The van der Waals surface area contributed by atoms with Crippen LogP contribution in [0.5, 0.6) is 0 Å². The average Bonchev–Trinajstić information content (AvgIpc) is 2.89. The standard InChI is InChI=1S/C27H33N5/c1-4-10-22(11-5-1)26(23-12-6-2-7-13-23)29-25-16-17-28-27(30-25)32-20-18-31(19-21-32)24-14-8-3-9-15-24/h1-2,4-7,10-13,16-17,24,26H,3,8-9,14-15,18-21H2,(H,28,29,30). The van der Waals surface area contributed by atoms with Crippen molar-refractivity contribution in [2.75, 3.05) is 36.4 Å². The van der Waals surface area contributed by atoms with Gasteiger partial charge in [-0.05, 0) is 30.0 Å². The van der Waals surface area contributed by atoms with E-state index in [0.29, 0.717) is 0 Å². The molecule has 1 aliphatic heterocycles. The maximum atomic E-state index is 4.91. The van der Waals surface area contributed by atoms with Crippen molar-refractivity contribution in [2.24, 2.45) is 0 Å². The maximum absolute atomic E-state index is 4.91. The van der Waals surface area contributed by atoms with Gasteiger partial charge in [0.15, 0.2) is 0 Å². The van der Waals surface area contributed by atoms with Gasteiger partial charge in [0, 0.05) is 38.4 Å². The molecule has 1 N–H and O–H groups in total. The number of nitrogens with zero attached hydrogens (tertiary/aromatic N) is 4. The SMILES string of the molecule is c1ccc(C(Nc2ccnc(N3CCN(C4CCCCC4)CC3)n2)c2ccccc2)cc1. The lowest BCUT2D eigenvalue weighted by molar-refractivity contribution is 0.147. The number of aromatic nitrogens is 2. The zero-order chi connectivity index (χ0) is 21.6. The van der Waals surface area contributed by atoms with Crippen LogP contribution in [0.3, 0.4) is 0 Å². The van der Waals surface area contributed by atoms with E-state index in [1.54, 1.807) is 0 Å². The lowest BCUT2D eigenvalue weighted by Gasteiger charge is -2.40. The zero-order valence-electron chi connectivity index (χ0n) is 18.7. The number of anilines is 2. The number of nitrogens with one attached hydrogen (secondary N) is 1. The quantitative estimate of drug-likeness (QED) is 0.591. The summed E-state index contributed by atoms with van der Waals surface area (Å²) in [6.07, 6.45) is 8.83. The van der Waals surface area contributed by atoms with Gasteiger partial charge in [0.1, 0.15) is 5.82 Å². The fourth-order valence-electron chi connectivity index (χ4n) is 5.11. The summed E-state index contributed by atoms with van der Waals surface area (Å²) in [6.45, 7) is 4.23. The van der Waals surface area contributed by atoms with Crippen molar-refractivity contribution >= 4 is 11.8 Å². The van der Waals surface area contributed by atoms with Gasteiger partial charge < -0.3 is 10.2 Å². The maximum Gasteiger partial charge on any atom is 0.227 e. The minimum absolute atomic E-state index is 0.0447. The Labute approximate surface area is 191 Å². The molecule has 0 amide bonds. The van der Waals surface area contributed by atoms with Crippen molar-refractivity contribution in [3.8, 4) is 0 Å². The van der Waals surface area contributed by atoms with Crippen LogP contribution in [-0.2, 0) is 0 Å². The van der Waals surface area contributed by atoms with Crippen LogP contribution in [0.1, 0.15) is 49.3 Å². The van der Waals surface area contributed by atoms with E-state index in [1.807, 2.05) is 12.3 Å². The second-order valence-corrected chi connectivity index (χ2v) is 8.96. The second kappa shape index (κ2) is 10.1. The third-order valence-corrected chi connectivity index (χ3v) is 6.89. The van der Waals surface area contributed by atoms with Crippen LogP contribution in [0.4, 0.5) is 11.8 Å². The predicted octanol–water partition coefficient (Wildman–Crippen LogP) is 5.13. The molecule has 0 atom stereocenters. The van der Waals surface area contributed by atoms with E-state index in [4.69, 9.17) is 4.98 Å². The van der Waals surface area contributed by atoms with Crippen LogP contribution in [0, 0.1) is 0 Å². The van der Waals surface area contributed by atoms with E-state index < -0.39 is 0 Å². The number of piperazine rings is 1. The summed E-state index contributed by atoms with van der Waals surface area (Å²) in [5, 5.41) is 3.66. The fraction of sp³-hybridized carbons (Fsp3) is 0.407. The van der Waals surface area contributed by atoms with Crippen molar-refractivity contribution < 1.29 is 0 Å². The molecule has 1 aliphatic carbocycles. The third kappa shape index (κ3) is 4.94. The molecule has 1 aromatic heterocycles. The Morgan fingerprint density at radius 1 is 0.750 bits per heavy atom. The van der Waals surface area contributed by atoms with Gasteiger partial charge in [0.25, 0.3) is 0 Å². The number of rotatable bonds is 6. The molecule has 32 heavy (non-hydrogen) atoms. The summed E-state index contributed by atoms with van der Waals surface area (Å²) >= 11 is 0. The monoisotopic (exact) mass is 427 g/mol. The number of benzene rings is 2. The van der Waals surface area contributed by atoms with Crippen molar-refractivity contribution in [3.05, 3.63) is 84.1 Å². The van der Waals surface area contributed by atoms with E-state index in [1.165, 1.54) is 43.2 Å². The molecule has 5 nitrogen and oxygen atoms in total. The fourth-order valence-corrected chi connectivity index (χ4v) is 5.11. The van der Waals surface area contributed by atoms with Gasteiger partial charge in [-0.3, -0.25) is 4.90 Å². The van der Waals surface area contributed by atoms with Gasteiger partial charge in [-0.1, -0.05) is 79.9 Å². The van der Waals surface area contributed by atoms with Gasteiger partial charge in [0.05, 0.1) is 6.04 Å². The highest BCUT2D eigenvalue weighted by Gasteiger charge is 2.26. The van der Waals surface area contributed by atoms with Crippen molar-refractivity contribution in [2.45, 2.75) is 44.2 Å². The molecule has 5 heteroatoms. The molecule has 0 radical (unpaired) electrons. The minimum atomic E-state index is 0.0447. The summed E-state index contributed by atoms with van der Waals surface area (Å²) in [6, 6.07) is 23.9. The summed E-state index contributed by atoms with van der Waals surface area (Å²) in [7, 11) is 0. The van der Waals surface area contributed by atoms with Gasteiger partial charge >= 0.3 is 0 Å². The first-order valence-corrected chi connectivity index (χ1v) is 12.1. The van der Waals surface area contributed by atoms with E-state index in [2.05, 4.69) is 80.8 Å². The van der Waals surface area contributed by atoms with Crippen LogP contribution in [0.15, 0.2) is 72.9 Å². The molecule has 2 aromatic carbocycles. The molecular formula is C27H33N5. The smallest absolute Gasteiger partial charge is 0.227 e. The van der Waals surface area contributed by atoms with Crippen LogP contribution in [0.2, 0.25) is 0 Å². The molecule has 2 heterocycles. The Balaban J connectivity index is 1.29. The van der Waals surface area contributed by atoms with Gasteiger partial charge in [0.2, 0.25) is 5.95 Å². The summed E-state index contributed by atoms with van der Waals surface area (Å²) in [5.41, 5.74) is 2.44. The third-order valence-electron chi connectivity index (χ3n) is 6.89. The molecule has 1 saturated carbocycles. The Morgan fingerprint density at radius 3 is 2.00 bits per heavy atom. The molecule has 0 bridgehead atoms. The van der Waals surface area contributed by atoms with E-state index in [0.717, 1.165) is 44.0 Å². The van der Waals surface area contributed by atoms with Crippen molar-refractivity contribution in [3.63, 3.8) is 0 Å². The minimum Gasteiger partial charge on any atom is -0.359 e. The Hall–Kier alpha value is -2.92. The lowest BCUT2D eigenvalue weighted by atomic mass is 9.94. The number of hydrogen-bond donors (Lipinski definition) is 1. The van der Waals surface area contributed by atoms with Crippen LogP contribution in [-0.4, -0.2) is 47.1 Å². The van der Waals surface area contributed by atoms with Crippen molar-refractivity contribution in [1.29, 1.82) is 0 Å². The first-order valence-electron chi connectivity index (χ1n) is 12.1. The molecule has 2 fully saturated rings. The number of hydrogen-bond acceptors (Lipinski definition) is 5. The van der Waals surface area contributed by atoms with Crippen LogP contribution >= 0.6 is 0 Å². The molecule has 166 valence electrons. The van der Waals surface area contributed by atoms with E-state index in [-0.39, 0.29) is 6.04 Å². The largest absolute Gasteiger partial charge is 0.359 e. The molecule has 1 saturated heterocycles. The lowest BCUT2D eigenvalue weighted by Crippen LogP contribution is -2.51. The Morgan fingerprint density at radius 2 is 1.38 bits per heavy atom. The van der Waals surface area contributed by atoms with E-state index >= 15 is 0 Å². The molecule has 0 spiro atoms. The molecule has 2 aliphatic rings. The molecular weight excluding hydrogens is 394 g/mol. The van der Waals surface area contributed by atoms with Gasteiger partial charge in [-0.15, -0.1) is 0 Å².